The second-order valence-corrected chi connectivity index (χ2v) is 7.94. The summed E-state index contributed by atoms with van der Waals surface area (Å²) in [6.07, 6.45) is 5.95. The van der Waals surface area contributed by atoms with Crippen LogP contribution >= 0.6 is 0 Å². The van der Waals surface area contributed by atoms with E-state index < -0.39 is 0 Å². The number of amides is 1. The van der Waals surface area contributed by atoms with E-state index in [1.54, 1.807) is 25.4 Å². The predicted octanol–water partition coefficient (Wildman–Crippen LogP) is 3.99. The molecule has 0 radical (unpaired) electrons. The van der Waals surface area contributed by atoms with Gasteiger partial charge in [0, 0.05) is 30.1 Å². The molecule has 0 aliphatic carbocycles. The van der Waals surface area contributed by atoms with Crippen LogP contribution in [-0.4, -0.2) is 42.1 Å². The zero-order valence-corrected chi connectivity index (χ0v) is 18.5. The van der Waals surface area contributed by atoms with E-state index >= 15 is 0 Å². The summed E-state index contributed by atoms with van der Waals surface area (Å²) < 4.78 is 18.7. The number of nitrogens with one attached hydrogen (secondary N) is 1. The number of ether oxygens (including phenoxy) is 3. The molecule has 1 saturated heterocycles. The minimum atomic E-state index is -0.166. The summed E-state index contributed by atoms with van der Waals surface area (Å²) in [5.74, 6) is 1.40. The van der Waals surface area contributed by atoms with Crippen molar-refractivity contribution in [1.29, 1.82) is 0 Å². The first kappa shape index (κ1) is 21.9. The summed E-state index contributed by atoms with van der Waals surface area (Å²) in [5, 5.41) is 7.34. The van der Waals surface area contributed by atoms with Gasteiger partial charge in [-0.25, -0.2) is 0 Å². The van der Waals surface area contributed by atoms with Gasteiger partial charge in [0.1, 0.15) is 18.1 Å². The van der Waals surface area contributed by atoms with Crippen molar-refractivity contribution in [3.63, 3.8) is 0 Å². The van der Waals surface area contributed by atoms with Crippen molar-refractivity contribution in [3.8, 4) is 11.5 Å². The Morgan fingerprint density at radius 2 is 2.12 bits per heavy atom. The summed E-state index contributed by atoms with van der Waals surface area (Å²) in [5.41, 5.74) is 2.59. The van der Waals surface area contributed by atoms with Crippen molar-refractivity contribution in [2.24, 2.45) is 0 Å². The van der Waals surface area contributed by atoms with Crippen LogP contribution in [0.3, 0.4) is 0 Å². The van der Waals surface area contributed by atoms with Gasteiger partial charge in [-0.1, -0.05) is 6.07 Å². The maximum atomic E-state index is 12.8. The maximum Gasteiger partial charge on any atom is 0.251 e. The molecule has 3 aromatic rings. The average Bonchev–Trinajstić information content (AvgIpc) is 3.52. The van der Waals surface area contributed by atoms with E-state index in [1.807, 2.05) is 54.2 Å². The lowest BCUT2D eigenvalue weighted by atomic mass is 10.0. The molecule has 4 rings (SSSR count). The van der Waals surface area contributed by atoms with E-state index in [0.717, 1.165) is 42.1 Å². The number of carbonyl (C=O) groups excluding carboxylic acids is 1. The number of hydrogen-bond donors (Lipinski definition) is 1. The van der Waals surface area contributed by atoms with Gasteiger partial charge in [-0.15, -0.1) is 0 Å². The summed E-state index contributed by atoms with van der Waals surface area (Å²) in [6, 6.07) is 14.9. The smallest absolute Gasteiger partial charge is 0.251 e. The second kappa shape index (κ2) is 10.3. The fourth-order valence-electron chi connectivity index (χ4n) is 3.79. The van der Waals surface area contributed by atoms with Gasteiger partial charge in [-0.05, 0) is 67.8 Å². The average molecular weight is 436 g/mol. The van der Waals surface area contributed by atoms with Crippen LogP contribution in [0.1, 0.15) is 47.3 Å². The van der Waals surface area contributed by atoms with Gasteiger partial charge < -0.3 is 19.5 Å². The first-order valence-corrected chi connectivity index (χ1v) is 10.9. The van der Waals surface area contributed by atoms with Gasteiger partial charge in [0.15, 0.2) is 0 Å². The predicted molar refractivity (Wildman–Crippen MR) is 121 cm³/mol. The lowest BCUT2D eigenvalue weighted by Gasteiger charge is -2.17. The molecule has 0 spiro atoms. The Kier molecular flexibility index (Phi) is 7.07. The lowest BCUT2D eigenvalue weighted by Crippen LogP contribution is -2.26. The lowest BCUT2D eigenvalue weighted by molar-refractivity contribution is 0.0679. The van der Waals surface area contributed by atoms with E-state index in [0.29, 0.717) is 18.7 Å². The third-order valence-corrected chi connectivity index (χ3v) is 5.62. The molecule has 1 aliphatic heterocycles. The molecule has 7 nitrogen and oxygen atoms in total. The number of aromatic nitrogens is 2. The van der Waals surface area contributed by atoms with Gasteiger partial charge in [-0.2, -0.15) is 5.10 Å². The highest BCUT2D eigenvalue weighted by Crippen LogP contribution is 2.25. The number of benzene rings is 2. The van der Waals surface area contributed by atoms with Crippen molar-refractivity contribution in [1.82, 2.24) is 15.1 Å². The molecule has 2 atom stereocenters. The third kappa shape index (κ3) is 5.48. The molecule has 1 amide bonds. The van der Waals surface area contributed by atoms with Crippen LogP contribution in [0.2, 0.25) is 0 Å². The van der Waals surface area contributed by atoms with Gasteiger partial charge in [0.2, 0.25) is 0 Å². The Bertz CT molecular complexity index is 1010. The first-order chi connectivity index (χ1) is 15.6. The van der Waals surface area contributed by atoms with Crippen molar-refractivity contribution >= 4 is 5.91 Å². The summed E-state index contributed by atoms with van der Waals surface area (Å²) >= 11 is 0. The maximum absolute atomic E-state index is 12.8. The minimum Gasteiger partial charge on any atom is -0.496 e. The molecular weight excluding hydrogens is 406 g/mol. The number of nitrogens with zero attached hydrogens (tertiary/aromatic N) is 2. The Labute approximate surface area is 188 Å². The number of methoxy groups -OCH3 is 1. The third-order valence-electron chi connectivity index (χ3n) is 5.62. The standard InChI is InChI=1S/C25H29N3O4/c1-18(20-8-11-24(30-2)21(15-20)16-28-13-4-12-26-28)27-25(29)19-6-9-22(10-7-19)32-17-23-5-3-14-31-23/h4,6-13,15,18,23H,3,5,14,16-17H2,1-2H3,(H,27,29)/t18-,23+/m1/s1. The molecule has 0 saturated carbocycles. The number of hydrogen-bond acceptors (Lipinski definition) is 5. The van der Waals surface area contributed by atoms with Gasteiger partial charge in [-0.3, -0.25) is 9.48 Å². The topological polar surface area (TPSA) is 74.6 Å². The largest absolute Gasteiger partial charge is 0.496 e. The van der Waals surface area contributed by atoms with E-state index in [2.05, 4.69) is 10.4 Å². The highest BCUT2D eigenvalue weighted by Gasteiger charge is 2.17. The van der Waals surface area contributed by atoms with Crippen molar-refractivity contribution in [3.05, 3.63) is 77.6 Å². The summed E-state index contributed by atoms with van der Waals surface area (Å²) in [6.45, 7) is 3.92. The zero-order valence-electron chi connectivity index (χ0n) is 18.5. The zero-order chi connectivity index (χ0) is 22.3. The van der Waals surface area contributed by atoms with E-state index in [9.17, 15) is 4.79 Å². The highest BCUT2D eigenvalue weighted by atomic mass is 16.5. The quantitative estimate of drug-likeness (QED) is 0.550. The van der Waals surface area contributed by atoms with Crippen LogP contribution in [0.4, 0.5) is 0 Å². The van der Waals surface area contributed by atoms with Crippen LogP contribution < -0.4 is 14.8 Å². The molecule has 1 aliphatic rings. The normalized spacial score (nSPS) is 16.5. The Morgan fingerprint density at radius 1 is 1.28 bits per heavy atom. The molecule has 0 bridgehead atoms. The number of rotatable bonds is 9. The molecule has 1 aromatic heterocycles. The molecule has 0 unspecified atom stereocenters. The summed E-state index contributed by atoms with van der Waals surface area (Å²) in [7, 11) is 1.65. The molecule has 2 heterocycles. The molecule has 32 heavy (non-hydrogen) atoms. The van der Waals surface area contributed by atoms with Gasteiger partial charge in [0.05, 0.1) is 25.8 Å². The van der Waals surface area contributed by atoms with E-state index in [1.165, 1.54) is 0 Å². The highest BCUT2D eigenvalue weighted by molar-refractivity contribution is 5.94. The van der Waals surface area contributed by atoms with Crippen LogP contribution in [0.15, 0.2) is 60.9 Å². The fraction of sp³-hybridized carbons (Fsp3) is 0.360. The fourth-order valence-corrected chi connectivity index (χ4v) is 3.79. The van der Waals surface area contributed by atoms with E-state index in [-0.39, 0.29) is 18.1 Å². The van der Waals surface area contributed by atoms with Gasteiger partial charge >= 0.3 is 0 Å². The molecule has 2 aromatic carbocycles. The van der Waals surface area contributed by atoms with Gasteiger partial charge in [0.25, 0.3) is 5.91 Å². The molecule has 7 heteroatoms. The first-order valence-electron chi connectivity index (χ1n) is 10.9. The Morgan fingerprint density at radius 3 is 2.81 bits per heavy atom. The minimum absolute atomic E-state index is 0.132. The van der Waals surface area contributed by atoms with Crippen LogP contribution in [0.5, 0.6) is 11.5 Å². The Balaban J connectivity index is 1.37. The van der Waals surface area contributed by atoms with Crippen LogP contribution in [0, 0.1) is 0 Å². The van der Waals surface area contributed by atoms with Crippen molar-refractivity contribution in [2.75, 3.05) is 20.3 Å². The monoisotopic (exact) mass is 435 g/mol. The van der Waals surface area contributed by atoms with Crippen molar-refractivity contribution in [2.45, 2.75) is 38.5 Å². The molecule has 168 valence electrons. The molecule has 1 N–H and O–H groups in total. The number of carbonyl (C=O) groups is 1. The Hall–Kier alpha value is -3.32. The van der Waals surface area contributed by atoms with Crippen LogP contribution in [-0.2, 0) is 11.3 Å². The van der Waals surface area contributed by atoms with Crippen molar-refractivity contribution < 1.29 is 19.0 Å². The molecule has 1 fully saturated rings. The molecular formula is C25H29N3O4. The SMILES string of the molecule is COc1ccc([C@@H](C)NC(=O)c2ccc(OC[C@@H]3CCCO3)cc2)cc1Cn1cccn1. The summed E-state index contributed by atoms with van der Waals surface area (Å²) in [4.78, 5) is 12.8. The second-order valence-electron chi connectivity index (χ2n) is 7.94. The van der Waals surface area contributed by atoms with Crippen LogP contribution in [0.25, 0.3) is 0 Å². The van der Waals surface area contributed by atoms with E-state index in [4.69, 9.17) is 14.2 Å².